The normalized spacial score (nSPS) is 11.0. The number of benzene rings is 2. The largest absolute Gasteiger partial charge is 0.439 e. The van der Waals surface area contributed by atoms with Crippen LogP contribution in [-0.4, -0.2) is 25.9 Å². The minimum Gasteiger partial charge on any atom is -0.439 e. The second kappa shape index (κ2) is 8.93. The average Bonchev–Trinajstić information content (AvgIpc) is 2.70. The van der Waals surface area contributed by atoms with Gasteiger partial charge in [0.25, 0.3) is 15.9 Å². The summed E-state index contributed by atoms with van der Waals surface area (Å²) >= 11 is 5.79. The molecule has 3 aromatic rings. The van der Waals surface area contributed by atoms with Gasteiger partial charge in [0.1, 0.15) is 5.75 Å². The lowest BCUT2D eigenvalue weighted by Crippen LogP contribution is -2.22. The number of pyridine rings is 1. The van der Waals surface area contributed by atoms with Crippen LogP contribution < -0.4 is 14.8 Å². The Balaban J connectivity index is 1.65. The van der Waals surface area contributed by atoms with Crippen molar-refractivity contribution in [3.05, 3.63) is 77.4 Å². The molecule has 7 nitrogen and oxygen atoms in total. The first-order chi connectivity index (χ1) is 13.9. The monoisotopic (exact) mass is 431 g/mol. The lowest BCUT2D eigenvalue weighted by Gasteiger charge is -2.09. The Bertz CT molecular complexity index is 1080. The molecule has 1 amide bonds. The number of carbonyl (C=O) groups excluding carboxylic acids is 1. The SMILES string of the molecule is CCNC(=O)c1ccc(Oc2ccc(NS(=O)(=O)c3ccc(Cl)cc3)cn2)cc1. The van der Waals surface area contributed by atoms with Gasteiger partial charge in [0.2, 0.25) is 5.88 Å². The number of aromatic nitrogens is 1. The molecule has 2 N–H and O–H groups in total. The van der Waals surface area contributed by atoms with E-state index >= 15 is 0 Å². The molecule has 0 bridgehead atoms. The summed E-state index contributed by atoms with van der Waals surface area (Å²) in [5.74, 6) is 0.625. The maximum Gasteiger partial charge on any atom is 0.261 e. The number of halogens is 1. The molecule has 150 valence electrons. The first-order valence-electron chi connectivity index (χ1n) is 8.68. The summed E-state index contributed by atoms with van der Waals surface area (Å²) in [4.78, 5) is 16.0. The van der Waals surface area contributed by atoms with Gasteiger partial charge in [0.05, 0.1) is 16.8 Å². The van der Waals surface area contributed by atoms with Gasteiger partial charge in [-0.25, -0.2) is 13.4 Å². The average molecular weight is 432 g/mol. The molecule has 0 radical (unpaired) electrons. The Morgan fingerprint density at radius 3 is 2.31 bits per heavy atom. The van der Waals surface area contributed by atoms with Gasteiger partial charge in [-0.15, -0.1) is 0 Å². The minimum absolute atomic E-state index is 0.0921. The fourth-order valence-corrected chi connectivity index (χ4v) is 3.56. The van der Waals surface area contributed by atoms with Crippen molar-refractivity contribution in [2.45, 2.75) is 11.8 Å². The standard InChI is InChI=1S/C20H18ClN3O4S/c1-2-22-20(25)14-3-8-17(9-4-14)28-19-12-7-16(13-23-19)24-29(26,27)18-10-5-15(21)6-11-18/h3-13,24H,2H2,1H3,(H,22,25). The van der Waals surface area contributed by atoms with Crippen molar-refractivity contribution < 1.29 is 17.9 Å². The van der Waals surface area contributed by atoms with Crippen molar-refractivity contribution >= 4 is 33.2 Å². The molecule has 0 saturated heterocycles. The lowest BCUT2D eigenvalue weighted by molar-refractivity contribution is 0.0956. The zero-order chi connectivity index (χ0) is 20.9. The van der Waals surface area contributed by atoms with E-state index in [2.05, 4.69) is 15.0 Å². The van der Waals surface area contributed by atoms with E-state index in [9.17, 15) is 13.2 Å². The molecule has 1 aromatic heterocycles. The van der Waals surface area contributed by atoms with Crippen molar-refractivity contribution in [1.29, 1.82) is 0 Å². The van der Waals surface area contributed by atoms with E-state index < -0.39 is 10.0 Å². The molecule has 29 heavy (non-hydrogen) atoms. The van der Waals surface area contributed by atoms with E-state index in [0.717, 1.165) is 0 Å². The van der Waals surface area contributed by atoms with Gasteiger partial charge in [0.15, 0.2) is 0 Å². The summed E-state index contributed by atoms with van der Waals surface area (Å²) in [6, 6.07) is 15.5. The lowest BCUT2D eigenvalue weighted by atomic mass is 10.2. The van der Waals surface area contributed by atoms with Gasteiger partial charge in [-0.05, 0) is 61.5 Å². The zero-order valence-electron chi connectivity index (χ0n) is 15.4. The molecule has 0 spiro atoms. The third kappa shape index (κ3) is 5.46. The number of rotatable bonds is 7. The predicted molar refractivity (Wildman–Crippen MR) is 111 cm³/mol. The Kier molecular flexibility index (Phi) is 6.36. The predicted octanol–water partition coefficient (Wildman–Crippen LogP) is 4.08. The van der Waals surface area contributed by atoms with E-state index in [1.165, 1.54) is 36.5 Å². The number of anilines is 1. The molecule has 0 fully saturated rings. The van der Waals surface area contributed by atoms with E-state index in [0.29, 0.717) is 28.6 Å². The number of hydrogen-bond donors (Lipinski definition) is 2. The van der Waals surface area contributed by atoms with Crippen molar-refractivity contribution in [2.24, 2.45) is 0 Å². The molecule has 9 heteroatoms. The van der Waals surface area contributed by atoms with Crippen LogP contribution in [0, 0.1) is 0 Å². The highest BCUT2D eigenvalue weighted by Crippen LogP contribution is 2.22. The summed E-state index contributed by atoms with van der Waals surface area (Å²) in [6.45, 7) is 2.40. The highest BCUT2D eigenvalue weighted by molar-refractivity contribution is 7.92. The quantitative estimate of drug-likeness (QED) is 0.587. The third-order valence-electron chi connectivity index (χ3n) is 3.79. The molecule has 0 aliphatic heterocycles. The van der Waals surface area contributed by atoms with E-state index in [1.54, 1.807) is 30.3 Å². The second-order valence-corrected chi connectivity index (χ2v) is 8.05. The minimum atomic E-state index is -3.75. The first-order valence-corrected chi connectivity index (χ1v) is 10.5. The highest BCUT2D eigenvalue weighted by Gasteiger charge is 2.14. The number of ether oxygens (including phenoxy) is 1. The molecule has 0 aliphatic rings. The molecule has 0 unspecified atom stereocenters. The van der Waals surface area contributed by atoms with Crippen molar-refractivity contribution in [2.75, 3.05) is 11.3 Å². The summed E-state index contributed by atoms with van der Waals surface area (Å²) in [6.07, 6.45) is 1.35. The van der Waals surface area contributed by atoms with Crippen LogP contribution in [0.4, 0.5) is 5.69 Å². The number of carbonyl (C=O) groups is 1. The van der Waals surface area contributed by atoms with Crippen LogP contribution in [-0.2, 0) is 10.0 Å². The number of nitrogens with one attached hydrogen (secondary N) is 2. The van der Waals surface area contributed by atoms with Crippen molar-refractivity contribution in [3.63, 3.8) is 0 Å². The Morgan fingerprint density at radius 2 is 1.72 bits per heavy atom. The van der Waals surface area contributed by atoms with Crippen LogP contribution in [0.5, 0.6) is 11.6 Å². The topological polar surface area (TPSA) is 97.4 Å². The Hall–Kier alpha value is -3.10. The summed E-state index contributed by atoms with van der Waals surface area (Å²) < 4.78 is 32.8. The summed E-state index contributed by atoms with van der Waals surface area (Å²) in [5.41, 5.74) is 0.818. The molecule has 3 rings (SSSR count). The van der Waals surface area contributed by atoms with Crippen LogP contribution >= 0.6 is 11.6 Å². The highest BCUT2D eigenvalue weighted by atomic mass is 35.5. The second-order valence-electron chi connectivity index (χ2n) is 5.93. The summed E-state index contributed by atoms with van der Waals surface area (Å²) in [5, 5.41) is 3.17. The molecule has 0 atom stereocenters. The zero-order valence-corrected chi connectivity index (χ0v) is 17.0. The van der Waals surface area contributed by atoms with Gasteiger partial charge in [-0.1, -0.05) is 11.6 Å². The van der Waals surface area contributed by atoms with Gasteiger partial charge in [-0.3, -0.25) is 9.52 Å². The van der Waals surface area contributed by atoms with E-state index in [4.69, 9.17) is 16.3 Å². The molecule has 0 aliphatic carbocycles. The summed E-state index contributed by atoms with van der Waals surface area (Å²) in [7, 11) is -3.75. The van der Waals surface area contributed by atoms with Crippen molar-refractivity contribution in [3.8, 4) is 11.6 Å². The molecule has 1 heterocycles. The maximum absolute atomic E-state index is 12.4. The fourth-order valence-electron chi connectivity index (χ4n) is 2.39. The maximum atomic E-state index is 12.4. The van der Waals surface area contributed by atoms with Crippen LogP contribution in [0.3, 0.4) is 0 Å². The molecular formula is C20H18ClN3O4S. The first kappa shape index (κ1) is 20.6. The number of nitrogens with zero attached hydrogens (tertiary/aromatic N) is 1. The molecule has 2 aromatic carbocycles. The van der Waals surface area contributed by atoms with Crippen LogP contribution in [0.2, 0.25) is 5.02 Å². The fraction of sp³-hybridized carbons (Fsp3) is 0.100. The number of sulfonamides is 1. The van der Waals surface area contributed by atoms with E-state index in [-0.39, 0.29) is 16.7 Å². The van der Waals surface area contributed by atoms with Gasteiger partial charge in [0, 0.05) is 23.2 Å². The third-order valence-corrected chi connectivity index (χ3v) is 5.44. The van der Waals surface area contributed by atoms with Crippen LogP contribution in [0.25, 0.3) is 0 Å². The molecular weight excluding hydrogens is 414 g/mol. The number of hydrogen-bond acceptors (Lipinski definition) is 5. The van der Waals surface area contributed by atoms with Crippen molar-refractivity contribution in [1.82, 2.24) is 10.3 Å². The van der Waals surface area contributed by atoms with E-state index in [1.807, 2.05) is 6.92 Å². The number of amides is 1. The van der Waals surface area contributed by atoms with Gasteiger partial charge in [-0.2, -0.15) is 0 Å². The van der Waals surface area contributed by atoms with Crippen LogP contribution in [0.1, 0.15) is 17.3 Å². The van der Waals surface area contributed by atoms with Gasteiger partial charge >= 0.3 is 0 Å². The van der Waals surface area contributed by atoms with Gasteiger partial charge < -0.3 is 10.1 Å². The Labute approximate surface area is 173 Å². The van der Waals surface area contributed by atoms with Crippen LogP contribution in [0.15, 0.2) is 71.8 Å². The smallest absolute Gasteiger partial charge is 0.261 e. The Morgan fingerprint density at radius 1 is 1.03 bits per heavy atom. The molecule has 0 saturated carbocycles.